The van der Waals surface area contributed by atoms with Crippen LogP contribution < -0.4 is 5.32 Å². The van der Waals surface area contributed by atoms with Gasteiger partial charge in [0.1, 0.15) is 5.01 Å². The molecule has 0 spiro atoms. The molecule has 2 heterocycles. The van der Waals surface area contributed by atoms with Crippen molar-refractivity contribution in [1.82, 2.24) is 15.1 Å². The van der Waals surface area contributed by atoms with Crippen molar-refractivity contribution in [1.29, 1.82) is 0 Å². The molecule has 25 heavy (non-hydrogen) atoms. The first-order valence-electron chi connectivity index (χ1n) is 8.01. The Hall–Kier alpha value is -2.61. The molecule has 3 rings (SSSR count). The number of amides is 3. The molecule has 0 bridgehead atoms. The maximum Gasteiger partial charge on any atom is 0.257 e. The van der Waals surface area contributed by atoms with E-state index < -0.39 is 0 Å². The van der Waals surface area contributed by atoms with Crippen LogP contribution in [0.3, 0.4) is 0 Å². The molecule has 1 aliphatic heterocycles. The Morgan fingerprint density at radius 1 is 1.16 bits per heavy atom. The van der Waals surface area contributed by atoms with Gasteiger partial charge in [0.2, 0.25) is 16.9 Å². The first-order valence-corrected chi connectivity index (χ1v) is 8.82. The second-order valence-corrected chi connectivity index (χ2v) is 7.13. The summed E-state index contributed by atoms with van der Waals surface area (Å²) < 4.78 is 0. The van der Waals surface area contributed by atoms with E-state index in [1.54, 1.807) is 24.3 Å². The highest BCUT2D eigenvalue weighted by Crippen LogP contribution is 2.23. The predicted octanol–water partition coefficient (Wildman–Crippen LogP) is 2.56. The smallest absolute Gasteiger partial charge is 0.257 e. The Kier molecular flexibility index (Phi) is 4.89. The van der Waals surface area contributed by atoms with Gasteiger partial charge in [0, 0.05) is 24.3 Å². The van der Waals surface area contributed by atoms with Gasteiger partial charge in [0.05, 0.1) is 6.54 Å². The Labute approximate surface area is 149 Å². The average molecular weight is 358 g/mol. The molecular weight excluding hydrogens is 340 g/mol. The lowest BCUT2D eigenvalue weighted by Crippen LogP contribution is -2.28. The van der Waals surface area contributed by atoms with Crippen molar-refractivity contribution in [3.63, 3.8) is 0 Å². The number of imide groups is 1. The number of likely N-dealkylation sites (tertiary alicyclic amines) is 1. The van der Waals surface area contributed by atoms with Gasteiger partial charge in [-0.1, -0.05) is 37.3 Å². The van der Waals surface area contributed by atoms with Gasteiger partial charge in [-0.3, -0.25) is 24.6 Å². The lowest BCUT2D eigenvalue weighted by atomic mass is 10.1. The molecule has 0 radical (unpaired) electrons. The third kappa shape index (κ3) is 3.90. The molecule has 0 saturated carbocycles. The van der Waals surface area contributed by atoms with Crippen LogP contribution in [-0.4, -0.2) is 32.8 Å². The lowest BCUT2D eigenvalue weighted by Gasteiger charge is -2.13. The van der Waals surface area contributed by atoms with E-state index in [-0.39, 0.29) is 43.0 Å². The second kappa shape index (κ2) is 7.10. The van der Waals surface area contributed by atoms with Gasteiger partial charge in [-0.05, 0) is 17.7 Å². The Morgan fingerprint density at radius 2 is 1.80 bits per heavy atom. The van der Waals surface area contributed by atoms with Crippen molar-refractivity contribution < 1.29 is 14.4 Å². The third-order valence-corrected chi connectivity index (χ3v) is 5.01. The lowest BCUT2D eigenvalue weighted by molar-refractivity contribution is -0.139. The van der Waals surface area contributed by atoms with Gasteiger partial charge in [0.25, 0.3) is 5.91 Å². The van der Waals surface area contributed by atoms with Gasteiger partial charge >= 0.3 is 0 Å². The van der Waals surface area contributed by atoms with Gasteiger partial charge in [-0.25, -0.2) is 0 Å². The molecule has 1 aromatic heterocycles. The molecule has 3 amide bonds. The van der Waals surface area contributed by atoms with Crippen LogP contribution in [0, 0.1) is 0 Å². The maximum absolute atomic E-state index is 12.3. The molecule has 8 heteroatoms. The van der Waals surface area contributed by atoms with Gasteiger partial charge < -0.3 is 0 Å². The molecule has 1 fully saturated rings. The summed E-state index contributed by atoms with van der Waals surface area (Å²) in [5.41, 5.74) is 1.28. The molecule has 7 nitrogen and oxygen atoms in total. The number of hydrogen-bond donors (Lipinski definition) is 1. The molecule has 0 unspecified atom stereocenters. The molecule has 130 valence electrons. The number of carbonyl (C=O) groups excluding carboxylic acids is 3. The molecular formula is C17H18N4O3S. The zero-order valence-corrected chi connectivity index (χ0v) is 14.8. The number of benzene rings is 1. The van der Waals surface area contributed by atoms with Crippen molar-refractivity contribution in [2.45, 2.75) is 39.2 Å². The van der Waals surface area contributed by atoms with Crippen molar-refractivity contribution in [3.05, 3.63) is 40.4 Å². The molecule has 0 atom stereocenters. The van der Waals surface area contributed by atoms with Crippen molar-refractivity contribution >= 4 is 34.2 Å². The zero-order valence-electron chi connectivity index (χ0n) is 14.0. The van der Waals surface area contributed by atoms with Crippen LogP contribution in [0.25, 0.3) is 0 Å². The average Bonchev–Trinajstić information content (AvgIpc) is 3.17. The minimum Gasteiger partial charge on any atom is -0.296 e. The molecule has 0 aliphatic carbocycles. The van der Waals surface area contributed by atoms with E-state index in [4.69, 9.17) is 0 Å². The summed E-state index contributed by atoms with van der Waals surface area (Å²) in [7, 11) is 0. The number of nitrogens with one attached hydrogen (secondary N) is 1. The SMILES string of the molecule is CC(C)c1nnc(NC(=O)c2ccc(CN3C(=O)CCC3=O)cc2)s1. The van der Waals surface area contributed by atoms with Crippen LogP contribution in [0.15, 0.2) is 24.3 Å². The minimum atomic E-state index is -0.272. The van der Waals surface area contributed by atoms with Crippen LogP contribution in [0.2, 0.25) is 0 Å². The quantitative estimate of drug-likeness (QED) is 0.829. The summed E-state index contributed by atoms with van der Waals surface area (Å²) in [6.45, 7) is 4.27. The first kappa shape index (κ1) is 17.2. The minimum absolute atomic E-state index is 0.149. The van der Waals surface area contributed by atoms with E-state index in [9.17, 15) is 14.4 Å². The standard InChI is InChI=1S/C17H18N4O3S/c1-10(2)16-19-20-17(25-16)18-15(24)12-5-3-11(4-6-12)9-21-13(22)7-8-14(21)23/h3-6,10H,7-9H2,1-2H3,(H,18,20,24). The van der Waals surface area contributed by atoms with E-state index in [1.807, 2.05) is 13.8 Å². The third-order valence-electron chi connectivity index (χ3n) is 3.87. The number of hydrogen-bond acceptors (Lipinski definition) is 6. The highest BCUT2D eigenvalue weighted by molar-refractivity contribution is 7.15. The summed E-state index contributed by atoms with van der Waals surface area (Å²) in [5.74, 6) is -0.308. The topological polar surface area (TPSA) is 92.3 Å². The van der Waals surface area contributed by atoms with Crippen molar-refractivity contribution in [3.8, 4) is 0 Å². The highest BCUT2D eigenvalue weighted by atomic mass is 32.1. The van der Waals surface area contributed by atoms with Gasteiger partial charge in [0.15, 0.2) is 0 Å². The largest absolute Gasteiger partial charge is 0.296 e. The fourth-order valence-corrected chi connectivity index (χ4v) is 3.17. The second-order valence-electron chi connectivity index (χ2n) is 6.12. The summed E-state index contributed by atoms with van der Waals surface area (Å²) in [6.07, 6.45) is 0.555. The fraction of sp³-hybridized carbons (Fsp3) is 0.353. The van der Waals surface area contributed by atoms with Gasteiger partial charge in [-0.2, -0.15) is 0 Å². The Bertz CT molecular complexity index is 798. The summed E-state index contributed by atoms with van der Waals surface area (Å²) in [4.78, 5) is 36.8. The number of rotatable bonds is 5. The van der Waals surface area contributed by atoms with E-state index in [2.05, 4.69) is 15.5 Å². The summed E-state index contributed by atoms with van der Waals surface area (Å²) in [6, 6.07) is 6.82. The molecule has 1 aromatic carbocycles. The first-order chi connectivity index (χ1) is 11.9. The number of nitrogens with zero attached hydrogens (tertiary/aromatic N) is 3. The molecule has 1 N–H and O–H groups in total. The van der Waals surface area contributed by atoms with Crippen LogP contribution in [-0.2, 0) is 16.1 Å². The van der Waals surface area contributed by atoms with Gasteiger partial charge in [-0.15, -0.1) is 10.2 Å². The summed E-state index contributed by atoms with van der Waals surface area (Å²) >= 11 is 1.35. The van der Waals surface area contributed by atoms with Crippen molar-refractivity contribution in [2.75, 3.05) is 5.32 Å². The zero-order chi connectivity index (χ0) is 18.0. The van der Waals surface area contributed by atoms with E-state index in [1.165, 1.54) is 16.2 Å². The molecule has 2 aromatic rings. The summed E-state index contributed by atoms with van der Waals surface area (Å²) in [5, 5.41) is 12.1. The number of anilines is 1. The van der Waals surface area contributed by atoms with Crippen LogP contribution in [0.1, 0.15) is 53.5 Å². The number of carbonyl (C=O) groups is 3. The Balaban J connectivity index is 1.64. The van der Waals surface area contributed by atoms with E-state index >= 15 is 0 Å². The number of aromatic nitrogens is 2. The maximum atomic E-state index is 12.3. The normalized spacial score (nSPS) is 14.4. The highest BCUT2D eigenvalue weighted by Gasteiger charge is 2.28. The van der Waals surface area contributed by atoms with Crippen LogP contribution >= 0.6 is 11.3 Å². The Morgan fingerprint density at radius 3 is 2.36 bits per heavy atom. The fourth-order valence-electron chi connectivity index (χ4n) is 2.43. The van der Waals surface area contributed by atoms with Crippen molar-refractivity contribution in [2.24, 2.45) is 0 Å². The monoisotopic (exact) mass is 358 g/mol. The molecule has 1 saturated heterocycles. The van der Waals surface area contributed by atoms with Crippen LogP contribution in [0.5, 0.6) is 0 Å². The molecule has 1 aliphatic rings. The van der Waals surface area contributed by atoms with E-state index in [0.717, 1.165) is 10.6 Å². The van der Waals surface area contributed by atoms with E-state index in [0.29, 0.717) is 10.7 Å². The van der Waals surface area contributed by atoms with Crippen LogP contribution in [0.4, 0.5) is 5.13 Å². The predicted molar refractivity (Wildman–Crippen MR) is 93.2 cm³/mol.